The number of hydrogen-bond acceptors (Lipinski definition) is 6. The molecule has 0 radical (unpaired) electrons. The molecule has 0 aliphatic rings. The molecular formula is C8H10N4O2. The predicted octanol–water partition coefficient (Wildman–Crippen LogP) is 0.453. The van der Waals surface area contributed by atoms with Gasteiger partial charge in [0.1, 0.15) is 12.7 Å². The van der Waals surface area contributed by atoms with Crippen molar-refractivity contribution < 1.29 is 9.53 Å². The van der Waals surface area contributed by atoms with Crippen molar-refractivity contribution in [1.29, 1.82) is 5.41 Å². The van der Waals surface area contributed by atoms with E-state index in [-0.39, 0.29) is 6.01 Å². The number of aromatic nitrogens is 3. The Hall–Kier alpha value is -1.85. The average molecular weight is 194 g/mol. The zero-order valence-electron chi connectivity index (χ0n) is 7.67. The van der Waals surface area contributed by atoms with E-state index < -0.39 is 11.9 Å². The zero-order valence-corrected chi connectivity index (χ0v) is 7.67. The lowest BCUT2D eigenvalue weighted by molar-refractivity contribution is -0.137. The standard InChI is InChI=1S/C8H10N4O2/c1-2-6(3-9)7(13)14-8-11-4-10-5-12-8/h3-6,9H,2H2,1H3. The maximum absolute atomic E-state index is 11.3. The highest BCUT2D eigenvalue weighted by molar-refractivity contribution is 5.89. The molecular weight excluding hydrogens is 184 g/mol. The lowest BCUT2D eigenvalue weighted by Crippen LogP contribution is -2.21. The molecule has 1 aromatic rings. The van der Waals surface area contributed by atoms with Crippen LogP contribution >= 0.6 is 0 Å². The van der Waals surface area contributed by atoms with Crippen LogP contribution in [0.4, 0.5) is 0 Å². The van der Waals surface area contributed by atoms with Crippen molar-refractivity contribution in [3.8, 4) is 6.01 Å². The minimum atomic E-state index is -0.535. The number of rotatable bonds is 4. The van der Waals surface area contributed by atoms with E-state index >= 15 is 0 Å². The van der Waals surface area contributed by atoms with Crippen molar-refractivity contribution in [3.63, 3.8) is 0 Å². The molecule has 74 valence electrons. The third-order valence-corrected chi connectivity index (χ3v) is 1.61. The van der Waals surface area contributed by atoms with Crippen molar-refractivity contribution in [2.75, 3.05) is 0 Å². The number of carbonyl (C=O) groups excluding carboxylic acids is 1. The third kappa shape index (κ3) is 2.58. The first-order chi connectivity index (χ1) is 6.77. The van der Waals surface area contributed by atoms with E-state index in [4.69, 9.17) is 10.1 Å². The van der Waals surface area contributed by atoms with Crippen LogP contribution in [0.25, 0.3) is 0 Å². The first-order valence-electron chi connectivity index (χ1n) is 4.12. The maximum atomic E-state index is 11.3. The largest absolute Gasteiger partial charge is 0.390 e. The van der Waals surface area contributed by atoms with Crippen molar-refractivity contribution in [1.82, 2.24) is 15.0 Å². The molecule has 0 aliphatic carbocycles. The van der Waals surface area contributed by atoms with Gasteiger partial charge >= 0.3 is 12.0 Å². The summed E-state index contributed by atoms with van der Waals surface area (Å²) in [7, 11) is 0. The minimum absolute atomic E-state index is 0.0368. The SMILES string of the molecule is CCC(C=N)C(=O)Oc1ncncn1. The van der Waals surface area contributed by atoms with E-state index in [0.29, 0.717) is 6.42 Å². The second-order valence-corrected chi connectivity index (χ2v) is 2.52. The Morgan fingerprint density at radius 1 is 1.64 bits per heavy atom. The van der Waals surface area contributed by atoms with Gasteiger partial charge in [0.2, 0.25) is 0 Å². The number of nitrogens with one attached hydrogen (secondary N) is 1. The number of esters is 1. The number of ether oxygens (including phenoxy) is 1. The van der Waals surface area contributed by atoms with E-state index in [9.17, 15) is 4.79 Å². The molecule has 1 unspecified atom stereocenters. The molecule has 1 atom stereocenters. The Labute approximate surface area is 80.9 Å². The van der Waals surface area contributed by atoms with Crippen LogP contribution in [-0.4, -0.2) is 27.1 Å². The molecule has 0 amide bonds. The Morgan fingerprint density at radius 3 is 2.79 bits per heavy atom. The highest BCUT2D eigenvalue weighted by atomic mass is 16.5. The zero-order chi connectivity index (χ0) is 10.4. The quantitative estimate of drug-likeness (QED) is 0.555. The van der Waals surface area contributed by atoms with Crippen molar-refractivity contribution >= 4 is 12.2 Å². The van der Waals surface area contributed by atoms with Crippen LogP contribution in [0.2, 0.25) is 0 Å². The summed E-state index contributed by atoms with van der Waals surface area (Å²) < 4.78 is 4.81. The summed E-state index contributed by atoms with van der Waals surface area (Å²) in [6.07, 6.45) is 4.04. The van der Waals surface area contributed by atoms with E-state index in [0.717, 1.165) is 6.21 Å². The van der Waals surface area contributed by atoms with Crippen molar-refractivity contribution in [2.24, 2.45) is 5.92 Å². The van der Waals surface area contributed by atoms with Gasteiger partial charge in [0.25, 0.3) is 0 Å². The summed E-state index contributed by atoms with van der Waals surface area (Å²) in [6, 6.07) is -0.0368. The predicted molar refractivity (Wildman–Crippen MR) is 48.0 cm³/mol. The van der Waals surface area contributed by atoms with Gasteiger partial charge in [0.15, 0.2) is 0 Å². The fourth-order valence-electron chi connectivity index (χ4n) is 0.800. The van der Waals surface area contributed by atoms with Gasteiger partial charge in [-0.3, -0.25) is 4.79 Å². The van der Waals surface area contributed by atoms with Gasteiger partial charge in [-0.05, 0) is 6.42 Å². The molecule has 0 fully saturated rings. The smallest absolute Gasteiger partial charge is 0.327 e. The summed E-state index contributed by atoms with van der Waals surface area (Å²) >= 11 is 0. The molecule has 14 heavy (non-hydrogen) atoms. The molecule has 1 rings (SSSR count). The molecule has 0 aliphatic heterocycles. The summed E-state index contributed by atoms with van der Waals surface area (Å²) in [5, 5.41) is 6.98. The molecule has 0 saturated heterocycles. The van der Waals surface area contributed by atoms with Crippen LogP contribution < -0.4 is 4.74 Å². The van der Waals surface area contributed by atoms with Crippen LogP contribution in [0.1, 0.15) is 13.3 Å². The summed E-state index contributed by atoms with van der Waals surface area (Å²) in [6.45, 7) is 1.80. The molecule has 0 saturated carbocycles. The van der Waals surface area contributed by atoms with Gasteiger partial charge in [-0.15, -0.1) is 0 Å². The van der Waals surface area contributed by atoms with Gasteiger partial charge in [-0.2, -0.15) is 9.97 Å². The van der Waals surface area contributed by atoms with Crippen molar-refractivity contribution in [3.05, 3.63) is 12.7 Å². The fraction of sp³-hybridized carbons (Fsp3) is 0.375. The molecule has 0 spiro atoms. The topological polar surface area (TPSA) is 88.8 Å². The van der Waals surface area contributed by atoms with Gasteiger partial charge in [-0.25, -0.2) is 4.98 Å². The number of nitrogens with zero attached hydrogens (tertiary/aromatic N) is 3. The summed E-state index contributed by atoms with van der Waals surface area (Å²) in [4.78, 5) is 22.1. The second kappa shape index (κ2) is 5.00. The molecule has 1 aromatic heterocycles. The normalized spacial score (nSPS) is 11.8. The summed E-state index contributed by atoms with van der Waals surface area (Å²) in [5.41, 5.74) is 0. The lowest BCUT2D eigenvalue weighted by Gasteiger charge is -2.06. The summed E-state index contributed by atoms with van der Waals surface area (Å²) in [5.74, 6) is -1.06. The Morgan fingerprint density at radius 2 is 2.29 bits per heavy atom. The van der Waals surface area contributed by atoms with Crippen molar-refractivity contribution in [2.45, 2.75) is 13.3 Å². The maximum Gasteiger partial charge on any atom is 0.327 e. The van der Waals surface area contributed by atoms with E-state index in [1.54, 1.807) is 6.92 Å². The van der Waals surface area contributed by atoms with Crippen LogP contribution in [0, 0.1) is 11.3 Å². The molecule has 6 nitrogen and oxygen atoms in total. The highest BCUT2D eigenvalue weighted by Crippen LogP contribution is 2.04. The monoisotopic (exact) mass is 194 g/mol. The van der Waals surface area contributed by atoms with Crippen LogP contribution in [0.3, 0.4) is 0 Å². The van der Waals surface area contributed by atoms with Crippen LogP contribution in [0.15, 0.2) is 12.7 Å². The Bertz CT molecular complexity index is 314. The first kappa shape index (κ1) is 10.2. The number of carbonyl (C=O) groups is 1. The lowest BCUT2D eigenvalue weighted by atomic mass is 10.1. The molecule has 1 heterocycles. The van der Waals surface area contributed by atoms with E-state index in [1.165, 1.54) is 12.7 Å². The first-order valence-corrected chi connectivity index (χ1v) is 4.12. The van der Waals surface area contributed by atoms with E-state index in [1.807, 2.05) is 0 Å². The van der Waals surface area contributed by atoms with Crippen LogP contribution in [-0.2, 0) is 4.79 Å². The minimum Gasteiger partial charge on any atom is -0.390 e. The fourth-order valence-corrected chi connectivity index (χ4v) is 0.800. The van der Waals surface area contributed by atoms with Gasteiger partial charge < -0.3 is 10.1 Å². The van der Waals surface area contributed by atoms with Gasteiger partial charge in [0.05, 0.1) is 5.92 Å². The second-order valence-electron chi connectivity index (χ2n) is 2.52. The molecule has 1 N–H and O–H groups in total. The average Bonchev–Trinajstić information content (AvgIpc) is 2.21. The van der Waals surface area contributed by atoms with Gasteiger partial charge in [0, 0.05) is 6.21 Å². The highest BCUT2D eigenvalue weighted by Gasteiger charge is 2.16. The molecule has 6 heteroatoms. The Kier molecular flexibility index (Phi) is 3.66. The third-order valence-electron chi connectivity index (χ3n) is 1.61. The number of hydrogen-bond donors (Lipinski definition) is 1. The van der Waals surface area contributed by atoms with Gasteiger partial charge in [-0.1, -0.05) is 6.92 Å². The molecule has 0 aromatic carbocycles. The van der Waals surface area contributed by atoms with Crippen LogP contribution in [0.5, 0.6) is 6.01 Å². The van der Waals surface area contributed by atoms with E-state index in [2.05, 4.69) is 15.0 Å². The Balaban J connectivity index is 2.61. The molecule has 0 bridgehead atoms.